The first kappa shape index (κ1) is 15.0. The minimum Gasteiger partial charge on any atom is -0.353 e. The van der Waals surface area contributed by atoms with Crippen molar-refractivity contribution in [3.8, 4) is 0 Å². The van der Waals surface area contributed by atoms with Gasteiger partial charge in [-0.1, -0.05) is 44.2 Å². The van der Waals surface area contributed by atoms with Gasteiger partial charge in [-0.05, 0) is 37.0 Å². The topological polar surface area (TPSA) is 29.1 Å². The van der Waals surface area contributed by atoms with Crippen molar-refractivity contribution in [3.05, 3.63) is 35.6 Å². The number of nitrogens with one attached hydrogen (secondary N) is 1. The normalized spacial score (nSPS) is 17.2. The van der Waals surface area contributed by atoms with Gasteiger partial charge in [0.1, 0.15) is 5.82 Å². The number of hydrogen-bond donors (Lipinski definition) is 1. The highest BCUT2D eigenvalue weighted by molar-refractivity contribution is 5.76. The predicted molar refractivity (Wildman–Crippen MR) is 79.0 cm³/mol. The summed E-state index contributed by atoms with van der Waals surface area (Å²) < 4.78 is 12.8. The lowest BCUT2D eigenvalue weighted by Crippen LogP contribution is -2.35. The van der Waals surface area contributed by atoms with E-state index < -0.39 is 0 Å². The Hall–Kier alpha value is -1.38. The van der Waals surface area contributed by atoms with Crippen LogP contribution < -0.4 is 5.32 Å². The summed E-state index contributed by atoms with van der Waals surface area (Å²) in [5.41, 5.74) is 1.01. The SMILES string of the molecule is O=C(CCc1ccc(F)cc1)NC1CCCCCCC1. The van der Waals surface area contributed by atoms with E-state index in [-0.39, 0.29) is 11.7 Å². The average Bonchev–Trinajstić information content (AvgIpc) is 2.41. The smallest absolute Gasteiger partial charge is 0.220 e. The highest BCUT2D eigenvalue weighted by Gasteiger charge is 2.13. The lowest BCUT2D eigenvalue weighted by atomic mass is 9.96. The molecular formula is C17H24FNO. The maximum absolute atomic E-state index is 12.8. The second-order valence-electron chi connectivity index (χ2n) is 5.74. The highest BCUT2D eigenvalue weighted by Crippen LogP contribution is 2.17. The molecule has 1 amide bonds. The Labute approximate surface area is 120 Å². The zero-order chi connectivity index (χ0) is 14.2. The van der Waals surface area contributed by atoms with Crippen molar-refractivity contribution in [2.45, 2.75) is 63.8 Å². The van der Waals surface area contributed by atoms with Gasteiger partial charge in [-0.15, -0.1) is 0 Å². The molecule has 1 fully saturated rings. The Morgan fingerprint density at radius 1 is 1.05 bits per heavy atom. The molecule has 1 N–H and O–H groups in total. The van der Waals surface area contributed by atoms with E-state index in [2.05, 4.69) is 5.32 Å². The second-order valence-corrected chi connectivity index (χ2v) is 5.74. The predicted octanol–water partition coefficient (Wildman–Crippen LogP) is 3.99. The molecule has 0 aromatic heterocycles. The van der Waals surface area contributed by atoms with E-state index in [1.807, 2.05) is 0 Å². The number of rotatable bonds is 4. The molecule has 0 unspecified atom stereocenters. The summed E-state index contributed by atoms with van der Waals surface area (Å²) in [6, 6.07) is 6.75. The van der Waals surface area contributed by atoms with E-state index in [9.17, 15) is 9.18 Å². The van der Waals surface area contributed by atoms with E-state index in [0.717, 1.165) is 18.4 Å². The standard InChI is InChI=1S/C17H24FNO/c18-15-11-8-14(9-12-15)10-13-17(20)19-16-6-4-2-1-3-5-7-16/h8-9,11-12,16H,1-7,10,13H2,(H,19,20). The maximum atomic E-state index is 12.8. The van der Waals surface area contributed by atoms with Crippen LogP contribution in [0.5, 0.6) is 0 Å². The van der Waals surface area contributed by atoms with Crippen LogP contribution in [0.1, 0.15) is 56.9 Å². The first-order valence-corrected chi connectivity index (χ1v) is 7.78. The molecule has 1 aromatic rings. The minimum atomic E-state index is -0.229. The Kier molecular flexibility index (Phi) is 6.03. The summed E-state index contributed by atoms with van der Waals surface area (Å²) in [4.78, 5) is 12.0. The molecule has 2 nitrogen and oxygen atoms in total. The largest absolute Gasteiger partial charge is 0.353 e. The van der Waals surface area contributed by atoms with Gasteiger partial charge in [-0.25, -0.2) is 4.39 Å². The molecule has 0 spiro atoms. The van der Waals surface area contributed by atoms with E-state index >= 15 is 0 Å². The number of benzene rings is 1. The summed E-state index contributed by atoms with van der Waals surface area (Å²) in [5, 5.41) is 3.16. The Bertz CT molecular complexity index is 408. The molecule has 0 atom stereocenters. The number of hydrogen-bond acceptors (Lipinski definition) is 1. The van der Waals surface area contributed by atoms with Crippen molar-refractivity contribution in [2.24, 2.45) is 0 Å². The summed E-state index contributed by atoms with van der Waals surface area (Å²) in [6.07, 6.45) is 9.77. The number of halogens is 1. The monoisotopic (exact) mass is 277 g/mol. The van der Waals surface area contributed by atoms with Gasteiger partial charge >= 0.3 is 0 Å². The molecule has 0 aliphatic heterocycles. The molecule has 0 heterocycles. The van der Waals surface area contributed by atoms with Crippen LogP contribution in [0.25, 0.3) is 0 Å². The lowest BCUT2D eigenvalue weighted by Gasteiger charge is -2.21. The lowest BCUT2D eigenvalue weighted by molar-refractivity contribution is -0.121. The van der Waals surface area contributed by atoms with E-state index in [1.54, 1.807) is 12.1 Å². The molecule has 3 heteroatoms. The van der Waals surface area contributed by atoms with Crippen molar-refractivity contribution < 1.29 is 9.18 Å². The van der Waals surface area contributed by atoms with Crippen LogP contribution in [0.4, 0.5) is 4.39 Å². The van der Waals surface area contributed by atoms with Crippen molar-refractivity contribution >= 4 is 5.91 Å². The Morgan fingerprint density at radius 3 is 2.30 bits per heavy atom. The average molecular weight is 277 g/mol. The van der Waals surface area contributed by atoms with Crippen LogP contribution in [0.15, 0.2) is 24.3 Å². The van der Waals surface area contributed by atoms with Crippen LogP contribution in [-0.4, -0.2) is 11.9 Å². The zero-order valence-electron chi connectivity index (χ0n) is 12.0. The third kappa shape index (κ3) is 5.32. The van der Waals surface area contributed by atoms with Crippen LogP contribution in [-0.2, 0) is 11.2 Å². The second kappa shape index (κ2) is 8.03. The third-order valence-electron chi connectivity index (χ3n) is 4.02. The fraction of sp³-hybridized carbons (Fsp3) is 0.588. The molecule has 0 saturated heterocycles. The van der Waals surface area contributed by atoms with Crippen molar-refractivity contribution in [3.63, 3.8) is 0 Å². The first-order chi connectivity index (χ1) is 9.74. The van der Waals surface area contributed by atoms with Crippen LogP contribution in [0.3, 0.4) is 0 Å². The quantitative estimate of drug-likeness (QED) is 0.886. The molecule has 110 valence electrons. The summed E-state index contributed by atoms with van der Waals surface area (Å²) >= 11 is 0. The third-order valence-corrected chi connectivity index (χ3v) is 4.02. The van der Waals surface area contributed by atoms with E-state index in [0.29, 0.717) is 18.9 Å². The van der Waals surface area contributed by atoms with Crippen LogP contribution >= 0.6 is 0 Å². The number of amides is 1. The summed E-state index contributed by atoms with van der Waals surface area (Å²) in [7, 11) is 0. The van der Waals surface area contributed by atoms with Gasteiger partial charge in [0.2, 0.25) is 5.91 Å². The molecular weight excluding hydrogens is 253 g/mol. The molecule has 2 rings (SSSR count). The van der Waals surface area contributed by atoms with E-state index in [1.165, 1.54) is 44.2 Å². The van der Waals surface area contributed by atoms with Gasteiger partial charge in [0.05, 0.1) is 0 Å². The first-order valence-electron chi connectivity index (χ1n) is 7.78. The molecule has 1 aliphatic carbocycles. The number of carbonyl (C=O) groups excluding carboxylic acids is 1. The minimum absolute atomic E-state index is 0.125. The molecule has 0 bridgehead atoms. The maximum Gasteiger partial charge on any atom is 0.220 e. The summed E-state index contributed by atoms with van der Waals surface area (Å²) in [6.45, 7) is 0. The molecule has 0 radical (unpaired) electrons. The zero-order valence-corrected chi connectivity index (χ0v) is 12.0. The van der Waals surface area contributed by atoms with Gasteiger partial charge in [-0.3, -0.25) is 4.79 Å². The van der Waals surface area contributed by atoms with Crippen molar-refractivity contribution in [1.82, 2.24) is 5.32 Å². The fourth-order valence-corrected chi connectivity index (χ4v) is 2.81. The summed E-state index contributed by atoms with van der Waals surface area (Å²) in [5.74, 6) is -0.104. The fourth-order valence-electron chi connectivity index (χ4n) is 2.81. The van der Waals surface area contributed by atoms with Gasteiger partial charge in [0, 0.05) is 12.5 Å². The molecule has 1 aliphatic rings. The van der Waals surface area contributed by atoms with E-state index in [4.69, 9.17) is 0 Å². The Morgan fingerprint density at radius 2 is 1.65 bits per heavy atom. The van der Waals surface area contributed by atoms with Crippen molar-refractivity contribution in [1.29, 1.82) is 0 Å². The van der Waals surface area contributed by atoms with Crippen LogP contribution in [0.2, 0.25) is 0 Å². The molecule has 20 heavy (non-hydrogen) atoms. The Balaban J connectivity index is 1.72. The van der Waals surface area contributed by atoms with Gasteiger partial charge in [0.15, 0.2) is 0 Å². The van der Waals surface area contributed by atoms with Gasteiger partial charge < -0.3 is 5.32 Å². The van der Waals surface area contributed by atoms with Gasteiger partial charge in [-0.2, -0.15) is 0 Å². The van der Waals surface area contributed by atoms with Gasteiger partial charge in [0.25, 0.3) is 0 Å². The molecule has 1 saturated carbocycles. The number of carbonyl (C=O) groups is 1. The van der Waals surface area contributed by atoms with Crippen molar-refractivity contribution in [2.75, 3.05) is 0 Å². The highest BCUT2D eigenvalue weighted by atomic mass is 19.1. The molecule has 1 aromatic carbocycles. The number of aryl methyl sites for hydroxylation is 1. The van der Waals surface area contributed by atoms with Crippen LogP contribution in [0, 0.1) is 5.82 Å².